The Kier molecular flexibility index (Phi) is 4.04. The maximum absolute atomic E-state index is 13.0. The number of H-pyrrole nitrogens is 1. The molecule has 0 saturated heterocycles. The Balaban J connectivity index is 1.47. The van der Waals surface area contributed by atoms with Gasteiger partial charge in [0.15, 0.2) is 0 Å². The van der Waals surface area contributed by atoms with E-state index in [0.717, 1.165) is 30.3 Å². The van der Waals surface area contributed by atoms with Gasteiger partial charge < -0.3 is 10.3 Å². The summed E-state index contributed by atoms with van der Waals surface area (Å²) in [5.41, 5.74) is 5.85. The third-order valence-corrected chi connectivity index (χ3v) is 5.09. The van der Waals surface area contributed by atoms with Crippen LogP contribution in [0.15, 0.2) is 42.5 Å². The molecule has 1 amide bonds. The zero-order chi connectivity index (χ0) is 17.4. The van der Waals surface area contributed by atoms with Crippen molar-refractivity contribution < 1.29 is 9.18 Å². The molecule has 3 aromatic rings. The highest BCUT2D eigenvalue weighted by atomic mass is 19.1. The van der Waals surface area contributed by atoms with Crippen molar-refractivity contribution in [2.45, 2.75) is 32.7 Å². The summed E-state index contributed by atoms with van der Waals surface area (Å²) in [6, 6.07) is 12.7. The molecule has 0 radical (unpaired) electrons. The lowest BCUT2D eigenvalue weighted by molar-refractivity contribution is -0.125. The molecule has 0 bridgehead atoms. The number of hydrogen-bond donors (Lipinski definition) is 2. The van der Waals surface area contributed by atoms with Crippen LogP contribution < -0.4 is 5.32 Å². The monoisotopic (exact) mass is 336 g/mol. The van der Waals surface area contributed by atoms with Gasteiger partial charge in [-0.25, -0.2) is 4.39 Å². The van der Waals surface area contributed by atoms with Gasteiger partial charge in [-0.3, -0.25) is 4.79 Å². The fraction of sp³-hybridized carbons (Fsp3) is 0.286. The normalized spacial score (nSPS) is 16.6. The van der Waals surface area contributed by atoms with E-state index < -0.39 is 0 Å². The van der Waals surface area contributed by atoms with Crippen LogP contribution >= 0.6 is 0 Å². The summed E-state index contributed by atoms with van der Waals surface area (Å²) in [6.07, 6.45) is 2.53. The van der Waals surface area contributed by atoms with Crippen LogP contribution in [-0.4, -0.2) is 10.9 Å². The van der Waals surface area contributed by atoms with E-state index in [1.54, 1.807) is 12.1 Å². The number of carbonyl (C=O) groups excluding carboxylic acids is 1. The Morgan fingerprint density at radius 3 is 2.84 bits per heavy atom. The summed E-state index contributed by atoms with van der Waals surface area (Å²) in [7, 11) is 0. The van der Waals surface area contributed by atoms with E-state index >= 15 is 0 Å². The number of aryl methyl sites for hydroxylation is 2. The van der Waals surface area contributed by atoms with Crippen molar-refractivity contribution in [3.8, 4) is 0 Å². The lowest BCUT2D eigenvalue weighted by atomic mass is 9.85. The molecule has 0 aliphatic heterocycles. The van der Waals surface area contributed by atoms with Crippen LogP contribution in [0, 0.1) is 18.7 Å². The molecule has 0 saturated carbocycles. The number of nitrogens with one attached hydrogen (secondary N) is 2. The van der Waals surface area contributed by atoms with Crippen molar-refractivity contribution in [1.82, 2.24) is 10.3 Å². The summed E-state index contributed by atoms with van der Waals surface area (Å²) in [6.45, 7) is 2.53. The molecule has 4 heteroatoms. The lowest BCUT2D eigenvalue weighted by Crippen LogP contribution is -2.33. The number of carbonyl (C=O) groups is 1. The molecule has 1 unspecified atom stereocenters. The standard InChI is InChI=1S/C21H21FN2O/c1-13-2-8-19-17(10-13)18-11-15(5-9-20(18)24-19)21(25)23-12-14-3-6-16(22)7-4-14/h2-4,6-8,10,15,24H,5,9,11-12H2,1H3,(H,23,25). The molecular weight excluding hydrogens is 315 g/mol. The smallest absolute Gasteiger partial charge is 0.223 e. The van der Waals surface area contributed by atoms with Crippen LogP contribution in [0.3, 0.4) is 0 Å². The highest BCUT2D eigenvalue weighted by Crippen LogP contribution is 2.32. The highest BCUT2D eigenvalue weighted by Gasteiger charge is 2.27. The van der Waals surface area contributed by atoms with Gasteiger partial charge in [0.05, 0.1) is 0 Å². The fourth-order valence-electron chi connectivity index (χ4n) is 3.69. The van der Waals surface area contributed by atoms with Crippen molar-refractivity contribution in [2.75, 3.05) is 0 Å². The second kappa shape index (κ2) is 6.36. The Bertz CT molecular complexity index is 927. The van der Waals surface area contributed by atoms with Gasteiger partial charge in [-0.05, 0) is 61.6 Å². The minimum absolute atomic E-state index is 0.00698. The van der Waals surface area contributed by atoms with E-state index in [-0.39, 0.29) is 17.6 Å². The summed E-state index contributed by atoms with van der Waals surface area (Å²) < 4.78 is 13.0. The van der Waals surface area contributed by atoms with Crippen molar-refractivity contribution in [3.05, 3.63) is 70.7 Å². The number of fused-ring (bicyclic) bond motifs is 3. The summed E-state index contributed by atoms with van der Waals surface area (Å²) >= 11 is 0. The average molecular weight is 336 g/mol. The quantitative estimate of drug-likeness (QED) is 0.745. The van der Waals surface area contributed by atoms with Crippen LogP contribution in [0.2, 0.25) is 0 Å². The third kappa shape index (κ3) is 3.16. The average Bonchev–Trinajstić information content (AvgIpc) is 2.98. The molecule has 4 rings (SSSR count). The zero-order valence-electron chi connectivity index (χ0n) is 14.2. The number of benzene rings is 2. The molecule has 1 atom stereocenters. The molecule has 1 heterocycles. The van der Waals surface area contributed by atoms with Crippen molar-refractivity contribution in [3.63, 3.8) is 0 Å². The van der Waals surface area contributed by atoms with Crippen LogP contribution in [0.5, 0.6) is 0 Å². The maximum Gasteiger partial charge on any atom is 0.223 e. The number of aromatic amines is 1. The molecular formula is C21H21FN2O. The largest absolute Gasteiger partial charge is 0.358 e. The van der Waals surface area contributed by atoms with E-state index in [9.17, 15) is 9.18 Å². The molecule has 2 aromatic carbocycles. The first kappa shape index (κ1) is 15.9. The minimum Gasteiger partial charge on any atom is -0.358 e. The SMILES string of the molecule is Cc1ccc2[nH]c3c(c2c1)CC(C(=O)NCc1ccc(F)cc1)CC3. The third-order valence-electron chi connectivity index (χ3n) is 5.09. The number of aromatic nitrogens is 1. The predicted octanol–water partition coefficient (Wildman–Crippen LogP) is 4.04. The first-order valence-electron chi connectivity index (χ1n) is 8.72. The summed E-state index contributed by atoms with van der Waals surface area (Å²) in [5, 5.41) is 4.24. The Morgan fingerprint density at radius 2 is 2.04 bits per heavy atom. The Hall–Kier alpha value is -2.62. The Morgan fingerprint density at radius 1 is 1.24 bits per heavy atom. The van der Waals surface area contributed by atoms with Crippen LogP contribution in [0.25, 0.3) is 10.9 Å². The highest BCUT2D eigenvalue weighted by molar-refractivity contribution is 5.87. The predicted molar refractivity (Wildman–Crippen MR) is 96.8 cm³/mol. The number of hydrogen-bond acceptors (Lipinski definition) is 1. The van der Waals surface area contributed by atoms with E-state index in [1.807, 2.05) is 0 Å². The first-order chi connectivity index (χ1) is 12.1. The molecule has 1 aliphatic carbocycles. The van der Waals surface area contributed by atoms with E-state index in [2.05, 4.69) is 35.4 Å². The molecule has 25 heavy (non-hydrogen) atoms. The van der Waals surface area contributed by atoms with Crippen molar-refractivity contribution in [1.29, 1.82) is 0 Å². The van der Waals surface area contributed by atoms with Gasteiger partial charge >= 0.3 is 0 Å². The zero-order valence-corrected chi connectivity index (χ0v) is 14.2. The first-order valence-corrected chi connectivity index (χ1v) is 8.72. The molecule has 0 fully saturated rings. The van der Waals surface area contributed by atoms with Crippen LogP contribution in [0.1, 0.15) is 28.8 Å². The molecule has 1 aromatic heterocycles. The van der Waals surface area contributed by atoms with Crippen LogP contribution in [-0.2, 0) is 24.2 Å². The van der Waals surface area contributed by atoms with Gasteiger partial charge in [0.2, 0.25) is 5.91 Å². The number of rotatable bonds is 3. The van der Waals surface area contributed by atoms with E-state index in [4.69, 9.17) is 0 Å². The van der Waals surface area contributed by atoms with Gasteiger partial charge in [0, 0.05) is 29.1 Å². The molecule has 0 spiro atoms. The lowest BCUT2D eigenvalue weighted by Gasteiger charge is -2.22. The molecule has 1 aliphatic rings. The summed E-state index contributed by atoms with van der Waals surface area (Å²) in [5.74, 6) is -0.186. The van der Waals surface area contributed by atoms with Crippen molar-refractivity contribution in [2.24, 2.45) is 5.92 Å². The fourth-order valence-corrected chi connectivity index (χ4v) is 3.69. The molecule has 128 valence electrons. The molecule has 2 N–H and O–H groups in total. The van der Waals surface area contributed by atoms with Crippen LogP contribution in [0.4, 0.5) is 4.39 Å². The van der Waals surface area contributed by atoms with Gasteiger partial charge in [-0.15, -0.1) is 0 Å². The number of amides is 1. The van der Waals surface area contributed by atoms with Crippen molar-refractivity contribution >= 4 is 16.8 Å². The van der Waals surface area contributed by atoms with Gasteiger partial charge in [-0.1, -0.05) is 23.8 Å². The number of halogens is 1. The van der Waals surface area contributed by atoms with Gasteiger partial charge in [0.25, 0.3) is 0 Å². The van der Waals surface area contributed by atoms with E-state index in [1.165, 1.54) is 34.3 Å². The van der Waals surface area contributed by atoms with Gasteiger partial charge in [0.1, 0.15) is 5.82 Å². The molecule has 3 nitrogen and oxygen atoms in total. The second-order valence-corrected chi connectivity index (χ2v) is 6.92. The Labute approximate surface area is 146 Å². The topological polar surface area (TPSA) is 44.9 Å². The summed E-state index contributed by atoms with van der Waals surface area (Å²) in [4.78, 5) is 16.1. The maximum atomic E-state index is 13.0. The second-order valence-electron chi connectivity index (χ2n) is 6.92. The minimum atomic E-state index is -0.260. The van der Waals surface area contributed by atoms with Gasteiger partial charge in [-0.2, -0.15) is 0 Å². The van der Waals surface area contributed by atoms with E-state index in [0.29, 0.717) is 6.54 Å².